The number of amides is 1. The summed E-state index contributed by atoms with van der Waals surface area (Å²) >= 11 is 0. The first-order chi connectivity index (χ1) is 11.6. The lowest BCUT2D eigenvalue weighted by molar-refractivity contribution is 0.0673. The van der Waals surface area contributed by atoms with Crippen LogP contribution in [0.4, 0.5) is 10.1 Å². The molecule has 1 fully saturated rings. The molecule has 2 aromatic rings. The summed E-state index contributed by atoms with van der Waals surface area (Å²) in [5.74, 6) is -1.66. The fourth-order valence-corrected chi connectivity index (χ4v) is 2.85. The second-order valence-electron chi connectivity index (χ2n) is 5.61. The molecule has 124 valence electrons. The lowest BCUT2D eigenvalue weighted by Gasteiger charge is -2.36. The van der Waals surface area contributed by atoms with Gasteiger partial charge in [-0.25, -0.2) is 9.18 Å². The van der Waals surface area contributed by atoms with Crippen LogP contribution in [0, 0.1) is 5.82 Å². The monoisotopic (exact) mass is 328 g/mol. The van der Waals surface area contributed by atoms with Gasteiger partial charge >= 0.3 is 5.97 Å². The summed E-state index contributed by atoms with van der Waals surface area (Å²) in [6.45, 7) is 2.22. The number of carbonyl (C=O) groups excluding carboxylic acids is 1. The van der Waals surface area contributed by atoms with Gasteiger partial charge < -0.3 is 14.9 Å². The third-order valence-electron chi connectivity index (χ3n) is 4.15. The van der Waals surface area contributed by atoms with Crippen molar-refractivity contribution >= 4 is 17.6 Å². The molecule has 0 unspecified atom stereocenters. The van der Waals surface area contributed by atoms with Gasteiger partial charge in [0.25, 0.3) is 5.91 Å². The molecule has 1 heterocycles. The molecular formula is C18H17FN2O3. The molecule has 0 bridgehead atoms. The van der Waals surface area contributed by atoms with Crippen LogP contribution in [0.5, 0.6) is 0 Å². The fraction of sp³-hybridized carbons (Fsp3) is 0.222. The number of nitrogens with zero attached hydrogens (tertiary/aromatic N) is 2. The highest BCUT2D eigenvalue weighted by Crippen LogP contribution is 2.19. The Balaban J connectivity index is 1.69. The van der Waals surface area contributed by atoms with E-state index in [0.717, 1.165) is 5.69 Å². The van der Waals surface area contributed by atoms with Crippen molar-refractivity contribution in [1.82, 2.24) is 4.90 Å². The quantitative estimate of drug-likeness (QED) is 0.940. The molecule has 3 rings (SSSR count). The van der Waals surface area contributed by atoms with Crippen LogP contribution in [0.1, 0.15) is 20.7 Å². The van der Waals surface area contributed by atoms with Crippen molar-refractivity contribution in [3.8, 4) is 0 Å². The minimum atomic E-state index is -1.11. The van der Waals surface area contributed by atoms with E-state index in [4.69, 9.17) is 0 Å². The zero-order valence-electron chi connectivity index (χ0n) is 13.0. The van der Waals surface area contributed by atoms with Crippen LogP contribution in [-0.4, -0.2) is 48.1 Å². The summed E-state index contributed by atoms with van der Waals surface area (Å²) in [7, 11) is 0. The number of hydrogen-bond acceptors (Lipinski definition) is 3. The van der Waals surface area contributed by atoms with Crippen molar-refractivity contribution in [1.29, 1.82) is 0 Å². The first-order valence-electron chi connectivity index (χ1n) is 7.68. The zero-order chi connectivity index (χ0) is 17.1. The second-order valence-corrected chi connectivity index (χ2v) is 5.61. The van der Waals surface area contributed by atoms with Crippen LogP contribution in [-0.2, 0) is 0 Å². The summed E-state index contributed by atoms with van der Waals surface area (Å²) in [5, 5.41) is 9.22. The summed E-state index contributed by atoms with van der Waals surface area (Å²) in [6, 6.07) is 12.5. The number of halogens is 1. The Hall–Kier alpha value is -2.89. The average molecular weight is 328 g/mol. The number of benzene rings is 2. The minimum absolute atomic E-state index is 0.0171. The van der Waals surface area contributed by atoms with Gasteiger partial charge in [0, 0.05) is 31.9 Å². The molecule has 0 saturated carbocycles. The summed E-state index contributed by atoms with van der Waals surface area (Å²) in [6.07, 6.45) is 0. The smallest absolute Gasteiger partial charge is 0.336 e. The van der Waals surface area contributed by atoms with Gasteiger partial charge in [-0.3, -0.25) is 4.79 Å². The van der Waals surface area contributed by atoms with Crippen molar-refractivity contribution in [3.05, 3.63) is 65.5 Å². The van der Waals surface area contributed by atoms with E-state index in [0.29, 0.717) is 26.2 Å². The molecule has 0 aromatic heterocycles. The number of piperazine rings is 1. The van der Waals surface area contributed by atoms with Crippen molar-refractivity contribution in [3.63, 3.8) is 0 Å². The largest absolute Gasteiger partial charge is 0.478 e. The van der Waals surface area contributed by atoms with Crippen LogP contribution >= 0.6 is 0 Å². The van der Waals surface area contributed by atoms with E-state index in [1.165, 1.54) is 24.3 Å². The van der Waals surface area contributed by atoms with Crippen LogP contribution in [0.15, 0.2) is 48.5 Å². The highest BCUT2D eigenvalue weighted by molar-refractivity contribution is 6.04. The van der Waals surface area contributed by atoms with E-state index in [1.807, 2.05) is 0 Å². The van der Waals surface area contributed by atoms with E-state index in [9.17, 15) is 19.1 Å². The Morgan fingerprint density at radius 1 is 0.875 bits per heavy atom. The third kappa shape index (κ3) is 3.22. The molecule has 0 radical (unpaired) electrons. The van der Waals surface area contributed by atoms with Gasteiger partial charge in [0.1, 0.15) is 5.82 Å². The first-order valence-corrected chi connectivity index (χ1v) is 7.68. The van der Waals surface area contributed by atoms with Crippen molar-refractivity contribution < 1.29 is 19.1 Å². The maximum atomic E-state index is 13.0. The Morgan fingerprint density at radius 2 is 1.46 bits per heavy atom. The molecule has 1 aliphatic rings. The number of carboxylic acids is 1. The van der Waals surface area contributed by atoms with Crippen LogP contribution in [0.2, 0.25) is 0 Å². The van der Waals surface area contributed by atoms with Crippen LogP contribution < -0.4 is 4.90 Å². The summed E-state index contributed by atoms with van der Waals surface area (Å²) < 4.78 is 13.0. The normalized spacial score (nSPS) is 14.5. The first kappa shape index (κ1) is 16.0. The van der Waals surface area contributed by atoms with Gasteiger partial charge in [-0.2, -0.15) is 0 Å². The second kappa shape index (κ2) is 6.70. The lowest BCUT2D eigenvalue weighted by Crippen LogP contribution is -2.49. The van der Waals surface area contributed by atoms with Crippen LogP contribution in [0.25, 0.3) is 0 Å². The topological polar surface area (TPSA) is 60.9 Å². The molecule has 1 N–H and O–H groups in total. The molecule has 1 aliphatic heterocycles. The highest BCUT2D eigenvalue weighted by atomic mass is 19.1. The van der Waals surface area contributed by atoms with Gasteiger partial charge in [-0.1, -0.05) is 12.1 Å². The maximum Gasteiger partial charge on any atom is 0.336 e. The molecule has 5 nitrogen and oxygen atoms in total. The Labute approximate surface area is 138 Å². The molecule has 2 aromatic carbocycles. The standard InChI is InChI=1S/C18H17FN2O3/c19-13-5-7-14(8-6-13)20-9-11-21(12-10-20)17(22)15-3-1-2-4-16(15)18(23)24/h1-8H,9-12H2,(H,23,24). The summed E-state index contributed by atoms with van der Waals surface area (Å²) in [5.41, 5.74) is 1.14. The van der Waals surface area contributed by atoms with E-state index in [1.54, 1.807) is 29.2 Å². The van der Waals surface area contributed by atoms with E-state index >= 15 is 0 Å². The number of carbonyl (C=O) groups is 2. The van der Waals surface area contributed by atoms with Crippen molar-refractivity contribution in [2.75, 3.05) is 31.1 Å². The van der Waals surface area contributed by atoms with Gasteiger partial charge in [-0.05, 0) is 36.4 Å². The van der Waals surface area contributed by atoms with Gasteiger partial charge in [0.15, 0.2) is 0 Å². The average Bonchev–Trinajstić information content (AvgIpc) is 2.62. The number of carboxylic acid groups (broad SMARTS) is 1. The number of rotatable bonds is 3. The van der Waals surface area contributed by atoms with E-state index in [-0.39, 0.29) is 22.9 Å². The van der Waals surface area contributed by atoms with Crippen molar-refractivity contribution in [2.24, 2.45) is 0 Å². The van der Waals surface area contributed by atoms with Gasteiger partial charge in [0.05, 0.1) is 11.1 Å². The van der Waals surface area contributed by atoms with Crippen LogP contribution in [0.3, 0.4) is 0 Å². The van der Waals surface area contributed by atoms with Gasteiger partial charge in [-0.15, -0.1) is 0 Å². The minimum Gasteiger partial charge on any atom is -0.478 e. The predicted octanol–water partition coefficient (Wildman–Crippen LogP) is 2.49. The third-order valence-corrected chi connectivity index (χ3v) is 4.15. The fourth-order valence-electron chi connectivity index (χ4n) is 2.85. The number of anilines is 1. The molecule has 1 saturated heterocycles. The zero-order valence-corrected chi connectivity index (χ0v) is 13.0. The van der Waals surface area contributed by atoms with Crippen molar-refractivity contribution in [2.45, 2.75) is 0 Å². The summed E-state index contributed by atoms with van der Waals surface area (Å²) in [4.78, 5) is 27.6. The Kier molecular flexibility index (Phi) is 4.46. The molecule has 0 atom stereocenters. The Bertz CT molecular complexity index is 753. The molecule has 0 aliphatic carbocycles. The molecule has 1 amide bonds. The predicted molar refractivity (Wildman–Crippen MR) is 87.9 cm³/mol. The SMILES string of the molecule is O=C(O)c1ccccc1C(=O)N1CCN(c2ccc(F)cc2)CC1. The van der Waals surface area contributed by atoms with E-state index in [2.05, 4.69) is 4.90 Å². The Morgan fingerprint density at radius 3 is 2.04 bits per heavy atom. The lowest BCUT2D eigenvalue weighted by atomic mass is 10.1. The number of aromatic carboxylic acids is 1. The molecule has 24 heavy (non-hydrogen) atoms. The number of hydrogen-bond donors (Lipinski definition) is 1. The maximum absolute atomic E-state index is 13.0. The highest BCUT2D eigenvalue weighted by Gasteiger charge is 2.25. The van der Waals surface area contributed by atoms with E-state index < -0.39 is 5.97 Å². The molecule has 0 spiro atoms. The molecule has 6 heteroatoms. The van der Waals surface area contributed by atoms with Gasteiger partial charge in [0.2, 0.25) is 0 Å². The molecular weight excluding hydrogens is 311 g/mol.